The predicted molar refractivity (Wildman–Crippen MR) is 75.0 cm³/mol. The topological polar surface area (TPSA) is 12.5 Å². The van der Waals surface area contributed by atoms with Crippen molar-refractivity contribution in [1.29, 1.82) is 0 Å². The first-order valence-electron chi connectivity index (χ1n) is 5.98. The van der Waals surface area contributed by atoms with Crippen LogP contribution in [0.1, 0.15) is 12.8 Å². The number of hydrogen-bond donors (Lipinski definition) is 0. The molecule has 17 heavy (non-hydrogen) atoms. The Morgan fingerprint density at radius 3 is 2.82 bits per heavy atom. The van der Waals surface area contributed by atoms with Crippen LogP contribution in [0.25, 0.3) is 0 Å². The molecule has 1 saturated carbocycles. The third kappa shape index (κ3) is 4.49. The Labute approximate surface area is 116 Å². The minimum Gasteiger partial charge on any atom is -0.492 e. The molecule has 0 radical (unpaired) electrons. The third-order valence-electron chi connectivity index (χ3n) is 2.88. The van der Waals surface area contributed by atoms with Gasteiger partial charge in [-0.15, -0.1) is 11.6 Å². The highest BCUT2D eigenvalue weighted by Crippen LogP contribution is 2.26. The summed E-state index contributed by atoms with van der Waals surface area (Å²) in [5, 5.41) is 0. The van der Waals surface area contributed by atoms with Gasteiger partial charge in [-0.25, -0.2) is 0 Å². The summed E-state index contributed by atoms with van der Waals surface area (Å²) >= 11 is 9.23. The van der Waals surface area contributed by atoms with Gasteiger partial charge in [0.25, 0.3) is 0 Å². The molecule has 0 amide bonds. The number of rotatable bonds is 7. The average Bonchev–Trinajstić information content (AvgIpc) is 3.12. The van der Waals surface area contributed by atoms with Crippen LogP contribution in [-0.4, -0.2) is 36.5 Å². The summed E-state index contributed by atoms with van der Waals surface area (Å²) < 4.78 is 6.78. The maximum Gasteiger partial charge on any atom is 0.120 e. The SMILES string of the molecule is ClCCN(CCOc1cccc(Br)c1)C1CC1. The van der Waals surface area contributed by atoms with E-state index in [1.54, 1.807) is 0 Å². The number of alkyl halides is 1. The molecule has 2 rings (SSSR count). The quantitative estimate of drug-likeness (QED) is 0.713. The number of benzene rings is 1. The van der Waals surface area contributed by atoms with E-state index < -0.39 is 0 Å². The average molecular weight is 319 g/mol. The Hall–Kier alpha value is -0.250. The minimum atomic E-state index is 0.702. The van der Waals surface area contributed by atoms with Crippen molar-refractivity contribution in [2.75, 3.05) is 25.6 Å². The summed E-state index contributed by atoms with van der Waals surface area (Å²) in [6.07, 6.45) is 2.63. The van der Waals surface area contributed by atoms with Crippen LogP contribution in [0.15, 0.2) is 28.7 Å². The van der Waals surface area contributed by atoms with Gasteiger partial charge in [0.05, 0.1) is 0 Å². The lowest BCUT2D eigenvalue weighted by Gasteiger charge is -2.20. The standard InChI is InChI=1S/C13H17BrClNO/c14-11-2-1-3-13(10-11)17-9-8-16(7-6-15)12-4-5-12/h1-3,10,12H,4-9H2. The Morgan fingerprint density at radius 2 is 2.18 bits per heavy atom. The summed E-state index contributed by atoms with van der Waals surface area (Å²) in [6, 6.07) is 8.70. The van der Waals surface area contributed by atoms with Crippen LogP contribution < -0.4 is 4.74 Å². The van der Waals surface area contributed by atoms with Crippen molar-refractivity contribution in [3.8, 4) is 5.75 Å². The molecule has 94 valence electrons. The molecule has 0 aliphatic heterocycles. The van der Waals surface area contributed by atoms with Gasteiger partial charge in [0.2, 0.25) is 0 Å². The van der Waals surface area contributed by atoms with E-state index in [1.807, 2.05) is 24.3 Å². The van der Waals surface area contributed by atoms with Crippen LogP contribution in [0, 0.1) is 0 Å². The molecule has 0 aromatic heterocycles. The Bertz CT molecular complexity index is 357. The lowest BCUT2D eigenvalue weighted by molar-refractivity contribution is 0.210. The summed E-state index contributed by atoms with van der Waals surface area (Å²) in [7, 11) is 0. The van der Waals surface area contributed by atoms with E-state index in [-0.39, 0.29) is 0 Å². The summed E-state index contributed by atoms with van der Waals surface area (Å²) in [5.41, 5.74) is 0. The zero-order valence-electron chi connectivity index (χ0n) is 9.74. The fraction of sp³-hybridized carbons (Fsp3) is 0.538. The molecule has 1 aliphatic rings. The normalized spacial score (nSPS) is 15.2. The molecule has 2 nitrogen and oxygen atoms in total. The van der Waals surface area contributed by atoms with Gasteiger partial charge >= 0.3 is 0 Å². The molecule has 1 aromatic carbocycles. The van der Waals surface area contributed by atoms with Crippen molar-refractivity contribution < 1.29 is 4.74 Å². The highest BCUT2D eigenvalue weighted by molar-refractivity contribution is 9.10. The van der Waals surface area contributed by atoms with Gasteiger partial charge in [0.15, 0.2) is 0 Å². The monoisotopic (exact) mass is 317 g/mol. The number of ether oxygens (including phenoxy) is 1. The van der Waals surface area contributed by atoms with Crippen molar-refractivity contribution >= 4 is 27.5 Å². The largest absolute Gasteiger partial charge is 0.492 e. The second-order valence-corrected chi connectivity index (χ2v) is 5.56. The van der Waals surface area contributed by atoms with Crippen molar-refractivity contribution in [1.82, 2.24) is 4.90 Å². The van der Waals surface area contributed by atoms with Gasteiger partial charge in [-0.05, 0) is 31.0 Å². The molecule has 0 saturated heterocycles. The van der Waals surface area contributed by atoms with Crippen LogP contribution in [0.3, 0.4) is 0 Å². The van der Waals surface area contributed by atoms with Crippen molar-refractivity contribution in [3.63, 3.8) is 0 Å². The van der Waals surface area contributed by atoms with Crippen molar-refractivity contribution in [2.45, 2.75) is 18.9 Å². The molecule has 0 spiro atoms. The zero-order chi connectivity index (χ0) is 12.1. The van der Waals surface area contributed by atoms with E-state index >= 15 is 0 Å². The van der Waals surface area contributed by atoms with Crippen LogP contribution >= 0.6 is 27.5 Å². The van der Waals surface area contributed by atoms with Gasteiger partial charge in [0.1, 0.15) is 12.4 Å². The molecule has 0 N–H and O–H groups in total. The van der Waals surface area contributed by atoms with Gasteiger partial charge in [-0.3, -0.25) is 4.90 Å². The Balaban J connectivity index is 1.74. The molecule has 1 aromatic rings. The fourth-order valence-corrected chi connectivity index (χ4v) is 2.46. The lowest BCUT2D eigenvalue weighted by atomic mass is 10.3. The van der Waals surface area contributed by atoms with Crippen LogP contribution in [0.2, 0.25) is 0 Å². The van der Waals surface area contributed by atoms with E-state index in [1.165, 1.54) is 12.8 Å². The molecular formula is C13H17BrClNO. The second kappa shape index (κ2) is 6.62. The van der Waals surface area contributed by atoms with Gasteiger partial charge < -0.3 is 4.74 Å². The summed E-state index contributed by atoms with van der Waals surface area (Å²) in [4.78, 5) is 2.42. The molecule has 0 bridgehead atoms. The first-order chi connectivity index (χ1) is 8.29. The van der Waals surface area contributed by atoms with Crippen LogP contribution in [0.5, 0.6) is 5.75 Å². The zero-order valence-corrected chi connectivity index (χ0v) is 12.1. The molecule has 0 heterocycles. The van der Waals surface area contributed by atoms with Crippen LogP contribution in [0.4, 0.5) is 0 Å². The van der Waals surface area contributed by atoms with E-state index in [2.05, 4.69) is 20.8 Å². The third-order valence-corrected chi connectivity index (χ3v) is 3.54. The number of nitrogens with zero attached hydrogens (tertiary/aromatic N) is 1. The Morgan fingerprint density at radius 1 is 1.35 bits per heavy atom. The highest BCUT2D eigenvalue weighted by Gasteiger charge is 2.27. The molecule has 0 unspecified atom stereocenters. The first kappa shape index (κ1) is 13.2. The molecular weight excluding hydrogens is 302 g/mol. The summed E-state index contributed by atoms with van der Waals surface area (Å²) in [5.74, 6) is 1.62. The van der Waals surface area contributed by atoms with Crippen molar-refractivity contribution in [3.05, 3.63) is 28.7 Å². The van der Waals surface area contributed by atoms with Gasteiger partial charge in [-0.1, -0.05) is 22.0 Å². The fourth-order valence-electron chi connectivity index (χ4n) is 1.86. The van der Waals surface area contributed by atoms with E-state index in [9.17, 15) is 0 Å². The van der Waals surface area contributed by atoms with Crippen molar-refractivity contribution in [2.24, 2.45) is 0 Å². The number of hydrogen-bond acceptors (Lipinski definition) is 2. The Kier molecular flexibility index (Phi) is 5.14. The molecule has 1 fully saturated rings. The lowest BCUT2D eigenvalue weighted by Crippen LogP contribution is -2.32. The summed E-state index contributed by atoms with van der Waals surface area (Å²) in [6.45, 7) is 2.65. The molecule has 4 heteroatoms. The molecule has 1 aliphatic carbocycles. The maximum atomic E-state index is 5.80. The highest BCUT2D eigenvalue weighted by atomic mass is 79.9. The van der Waals surface area contributed by atoms with Gasteiger partial charge in [-0.2, -0.15) is 0 Å². The number of halogens is 2. The maximum absolute atomic E-state index is 5.80. The van der Waals surface area contributed by atoms with E-state index in [0.717, 1.165) is 36.0 Å². The predicted octanol–water partition coefficient (Wildman–Crippen LogP) is 3.53. The first-order valence-corrected chi connectivity index (χ1v) is 7.31. The second-order valence-electron chi connectivity index (χ2n) is 4.26. The minimum absolute atomic E-state index is 0.702. The molecule has 0 atom stereocenters. The smallest absolute Gasteiger partial charge is 0.120 e. The van der Waals surface area contributed by atoms with E-state index in [0.29, 0.717) is 5.88 Å². The van der Waals surface area contributed by atoms with Crippen LogP contribution in [-0.2, 0) is 0 Å². The van der Waals surface area contributed by atoms with Gasteiger partial charge in [0, 0.05) is 29.5 Å². The van der Waals surface area contributed by atoms with E-state index in [4.69, 9.17) is 16.3 Å².